The van der Waals surface area contributed by atoms with Crippen molar-refractivity contribution in [3.8, 4) is 11.5 Å². The lowest BCUT2D eigenvalue weighted by Gasteiger charge is -2.10. The molecule has 6 heteroatoms. The minimum Gasteiger partial charge on any atom is -0.507 e. The summed E-state index contributed by atoms with van der Waals surface area (Å²) in [4.78, 5) is 21.2. The number of aromatic hydroxyl groups is 1. The summed E-state index contributed by atoms with van der Waals surface area (Å²) in [5, 5.41) is 9.24. The molecular formula is C24H36O6. The predicted molar refractivity (Wildman–Crippen MR) is 121 cm³/mol. The molecule has 0 unspecified atom stereocenters. The molecule has 0 saturated carbocycles. The van der Waals surface area contributed by atoms with Crippen LogP contribution in [0.5, 0.6) is 11.5 Å². The Morgan fingerprint density at radius 3 is 1.70 bits per heavy atom. The zero-order valence-electron chi connectivity index (χ0n) is 18.4. The number of rotatable bonds is 6. The SMILES string of the molecule is C.CCOC.COCOc1cc(C)cc(C)c1C=O.Cc1cc(C)c(C=O)c(O)c1. The Balaban J connectivity index is 0. The summed E-state index contributed by atoms with van der Waals surface area (Å²) < 4.78 is 14.6. The van der Waals surface area contributed by atoms with Crippen molar-refractivity contribution in [1.82, 2.24) is 0 Å². The first-order chi connectivity index (χ1) is 13.7. The minimum absolute atomic E-state index is 0. The molecule has 0 aliphatic carbocycles. The smallest absolute Gasteiger partial charge is 0.188 e. The van der Waals surface area contributed by atoms with Crippen LogP contribution in [0.25, 0.3) is 0 Å². The van der Waals surface area contributed by atoms with Crippen molar-refractivity contribution >= 4 is 12.6 Å². The lowest BCUT2D eigenvalue weighted by atomic mass is 10.1. The molecule has 0 fully saturated rings. The summed E-state index contributed by atoms with van der Waals surface area (Å²) in [6, 6.07) is 7.22. The standard InChI is InChI=1S/C11H14O3.C9H10O2.C3H8O.CH4/c1-8-4-9(2)10(6-12)11(5-8)14-7-13-3;1-6-3-7(2)8(5-10)9(11)4-6;1-3-4-2;/h4-6H,7H2,1-3H3;3-5,11H,1-2H3;3H2,1-2H3;1H4. The van der Waals surface area contributed by atoms with Gasteiger partial charge in [-0.15, -0.1) is 0 Å². The topological polar surface area (TPSA) is 82.1 Å². The van der Waals surface area contributed by atoms with Crippen LogP contribution in [0.1, 0.15) is 57.3 Å². The first-order valence-electron chi connectivity index (χ1n) is 9.18. The first kappa shape index (κ1) is 29.5. The number of aldehydes is 2. The molecule has 2 aromatic carbocycles. The van der Waals surface area contributed by atoms with E-state index in [9.17, 15) is 14.7 Å². The van der Waals surface area contributed by atoms with Crippen LogP contribution in [0.4, 0.5) is 0 Å². The van der Waals surface area contributed by atoms with E-state index in [-0.39, 0.29) is 20.0 Å². The lowest BCUT2D eigenvalue weighted by Crippen LogP contribution is -2.03. The maximum Gasteiger partial charge on any atom is 0.188 e. The molecule has 0 bridgehead atoms. The minimum atomic E-state index is 0. The first-order valence-corrected chi connectivity index (χ1v) is 9.18. The zero-order chi connectivity index (χ0) is 22.4. The Kier molecular flexibility index (Phi) is 15.9. The fourth-order valence-corrected chi connectivity index (χ4v) is 2.44. The van der Waals surface area contributed by atoms with Crippen LogP contribution in [-0.2, 0) is 9.47 Å². The van der Waals surface area contributed by atoms with E-state index in [1.54, 1.807) is 27.2 Å². The van der Waals surface area contributed by atoms with Gasteiger partial charge in [-0.25, -0.2) is 0 Å². The quantitative estimate of drug-likeness (QED) is 0.510. The second kappa shape index (κ2) is 16.1. The van der Waals surface area contributed by atoms with Crippen molar-refractivity contribution in [3.63, 3.8) is 0 Å². The highest BCUT2D eigenvalue weighted by atomic mass is 16.7. The van der Waals surface area contributed by atoms with Crippen LogP contribution in [0.15, 0.2) is 24.3 Å². The van der Waals surface area contributed by atoms with Crippen molar-refractivity contribution in [3.05, 3.63) is 57.6 Å². The Labute approximate surface area is 180 Å². The number of ether oxygens (including phenoxy) is 3. The van der Waals surface area contributed by atoms with Crippen molar-refractivity contribution in [2.45, 2.75) is 42.0 Å². The van der Waals surface area contributed by atoms with Crippen LogP contribution in [0.3, 0.4) is 0 Å². The number of carbonyl (C=O) groups excluding carboxylic acids is 2. The van der Waals surface area contributed by atoms with E-state index in [1.807, 2.05) is 45.9 Å². The molecule has 168 valence electrons. The van der Waals surface area contributed by atoms with Gasteiger partial charge in [0.15, 0.2) is 19.4 Å². The molecule has 0 radical (unpaired) electrons. The van der Waals surface area contributed by atoms with Gasteiger partial charge in [0, 0.05) is 20.8 Å². The molecule has 0 spiro atoms. The predicted octanol–water partition coefficient (Wildman–Crippen LogP) is 5.21. The van der Waals surface area contributed by atoms with Gasteiger partial charge in [0.25, 0.3) is 0 Å². The van der Waals surface area contributed by atoms with Crippen LogP contribution in [0.2, 0.25) is 0 Å². The lowest BCUT2D eigenvalue weighted by molar-refractivity contribution is 0.0504. The Bertz CT molecular complexity index is 759. The van der Waals surface area contributed by atoms with E-state index in [2.05, 4.69) is 4.74 Å². The van der Waals surface area contributed by atoms with E-state index in [1.165, 1.54) is 0 Å². The molecular weight excluding hydrogens is 384 g/mol. The van der Waals surface area contributed by atoms with E-state index in [0.717, 1.165) is 35.1 Å². The molecule has 2 aromatic rings. The van der Waals surface area contributed by atoms with E-state index >= 15 is 0 Å². The average molecular weight is 421 g/mol. The molecule has 0 amide bonds. The molecule has 0 saturated heterocycles. The van der Waals surface area contributed by atoms with Gasteiger partial charge >= 0.3 is 0 Å². The molecule has 30 heavy (non-hydrogen) atoms. The summed E-state index contributed by atoms with van der Waals surface area (Å²) in [7, 11) is 3.23. The van der Waals surface area contributed by atoms with E-state index in [0.29, 0.717) is 23.2 Å². The van der Waals surface area contributed by atoms with Crippen molar-refractivity contribution in [2.75, 3.05) is 27.6 Å². The number of phenols is 1. The van der Waals surface area contributed by atoms with Gasteiger partial charge in [0.1, 0.15) is 11.5 Å². The largest absolute Gasteiger partial charge is 0.507 e. The van der Waals surface area contributed by atoms with Crippen LogP contribution >= 0.6 is 0 Å². The van der Waals surface area contributed by atoms with Gasteiger partial charge in [0.05, 0.1) is 11.1 Å². The monoisotopic (exact) mass is 420 g/mol. The van der Waals surface area contributed by atoms with Crippen molar-refractivity contribution in [2.24, 2.45) is 0 Å². The van der Waals surface area contributed by atoms with Gasteiger partial charge in [-0.1, -0.05) is 19.6 Å². The highest BCUT2D eigenvalue weighted by molar-refractivity contribution is 5.82. The second-order valence-electron chi connectivity index (χ2n) is 6.37. The van der Waals surface area contributed by atoms with E-state index in [4.69, 9.17) is 9.47 Å². The Hall–Kier alpha value is -2.70. The fraction of sp³-hybridized carbons (Fsp3) is 0.417. The maximum absolute atomic E-state index is 10.8. The number of methoxy groups -OCH3 is 2. The van der Waals surface area contributed by atoms with Gasteiger partial charge in [-0.2, -0.15) is 0 Å². The van der Waals surface area contributed by atoms with E-state index < -0.39 is 0 Å². The van der Waals surface area contributed by atoms with Gasteiger partial charge in [0.2, 0.25) is 0 Å². The number of aryl methyl sites for hydroxylation is 4. The third-order valence-electron chi connectivity index (χ3n) is 3.86. The number of hydrogen-bond acceptors (Lipinski definition) is 6. The van der Waals surface area contributed by atoms with Gasteiger partial charge in [-0.3, -0.25) is 9.59 Å². The summed E-state index contributed by atoms with van der Waals surface area (Å²) in [5.74, 6) is 0.650. The molecule has 0 aliphatic heterocycles. The normalized spacial score (nSPS) is 9.17. The third-order valence-corrected chi connectivity index (χ3v) is 3.86. The average Bonchev–Trinajstić information content (AvgIpc) is 2.66. The number of phenolic OH excluding ortho intramolecular Hbond substituents is 1. The highest BCUT2D eigenvalue weighted by Gasteiger charge is 2.07. The number of hydrogen-bond donors (Lipinski definition) is 1. The summed E-state index contributed by atoms with van der Waals surface area (Å²) in [6.45, 7) is 10.5. The number of benzene rings is 2. The van der Waals surface area contributed by atoms with Crippen molar-refractivity contribution in [1.29, 1.82) is 0 Å². The fourth-order valence-electron chi connectivity index (χ4n) is 2.44. The molecule has 1 N–H and O–H groups in total. The van der Waals surface area contributed by atoms with Crippen LogP contribution < -0.4 is 4.74 Å². The maximum atomic E-state index is 10.8. The molecule has 0 aromatic heterocycles. The third kappa shape index (κ3) is 10.2. The zero-order valence-corrected chi connectivity index (χ0v) is 18.4. The summed E-state index contributed by atoms with van der Waals surface area (Å²) in [5.41, 5.74) is 4.75. The van der Waals surface area contributed by atoms with Gasteiger partial charge in [-0.05, 0) is 69.0 Å². The van der Waals surface area contributed by atoms with Crippen LogP contribution in [0, 0.1) is 27.7 Å². The number of carbonyl (C=O) groups is 2. The molecule has 6 nitrogen and oxygen atoms in total. The molecule has 2 rings (SSSR count). The summed E-state index contributed by atoms with van der Waals surface area (Å²) in [6.07, 6.45) is 1.48. The summed E-state index contributed by atoms with van der Waals surface area (Å²) >= 11 is 0. The van der Waals surface area contributed by atoms with Crippen LogP contribution in [-0.4, -0.2) is 45.3 Å². The Morgan fingerprint density at radius 1 is 0.833 bits per heavy atom. The molecule has 0 atom stereocenters. The second-order valence-corrected chi connectivity index (χ2v) is 6.37. The highest BCUT2D eigenvalue weighted by Crippen LogP contribution is 2.22. The molecule has 0 heterocycles. The van der Waals surface area contributed by atoms with Gasteiger partial charge < -0.3 is 19.3 Å². The molecule has 0 aliphatic rings. The van der Waals surface area contributed by atoms with Crippen molar-refractivity contribution < 1.29 is 28.9 Å². The Morgan fingerprint density at radius 2 is 1.30 bits per heavy atom.